The van der Waals surface area contributed by atoms with E-state index in [0.29, 0.717) is 64.5 Å². The number of hydrogen-bond donors (Lipinski definition) is 1. The minimum atomic E-state index is -0.665. The van der Waals surface area contributed by atoms with Crippen molar-refractivity contribution in [3.8, 4) is 0 Å². The molecular formula is C46H19B2N3O6. The van der Waals surface area contributed by atoms with Crippen molar-refractivity contribution in [2.75, 3.05) is 0 Å². The second-order valence-corrected chi connectivity index (χ2v) is 14.6. The molecule has 11 heteroatoms. The molecular weight excluding hydrogens is 712 g/mol. The van der Waals surface area contributed by atoms with Gasteiger partial charge in [0.2, 0.25) is 39.6 Å². The van der Waals surface area contributed by atoms with Gasteiger partial charge in [0, 0.05) is 49.5 Å². The van der Waals surface area contributed by atoms with Crippen molar-refractivity contribution in [3.05, 3.63) is 143 Å². The number of nitrogens with one attached hydrogen (secondary N) is 1. The summed E-state index contributed by atoms with van der Waals surface area (Å²) in [6.07, 6.45) is 0. The molecule has 0 saturated carbocycles. The van der Waals surface area contributed by atoms with E-state index in [1.165, 1.54) is 10.8 Å². The SMILES string of the molecule is [2H]N1C(=O)c2ccc3c4ccc5c6c(ccc(c7ccc(c2c37)C1=O)c64)C(=O)N([B])C5=O.[B]N1C(=O)c2ccc3c4cccc5cccc(c6ccc(c2c36)C1=O)c54. The Bertz CT molecular complexity index is 3360. The number of carbonyl (C=O) groups is 6. The second kappa shape index (κ2) is 10.6. The van der Waals surface area contributed by atoms with Crippen LogP contribution in [0, 0.1) is 0 Å². The van der Waals surface area contributed by atoms with Crippen LogP contribution in [0.15, 0.2) is 109 Å². The minimum Gasteiger partial charge on any atom is -0.332 e. The third kappa shape index (κ3) is 3.75. The number of carbonyl (C=O) groups excluding carboxylic acids is 6. The Morgan fingerprint density at radius 2 is 0.632 bits per heavy atom. The van der Waals surface area contributed by atoms with Crippen LogP contribution in [0.2, 0.25) is 1.41 Å². The van der Waals surface area contributed by atoms with E-state index in [9.17, 15) is 28.8 Å². The van der Waals surface area contributed by atoms with E-state index in [1.54, 1.807) is 48.5 Å². The van der Waals surface area contributed by atoms with Crippen molar-refractivity contribution >= 4 is 138 Å². The number of imide groups is 3. The molecule has 0 bridgehead atoms. The maximum absolute atomic E-state index is 12.7. The normalized spacial score (nSPS) is 15.5. The molecule has 260 valence electrons. The van der Waals surface area contributed by atoms with Crippen molar-refractivity contribution < 1.29 is 30.2 Å². The van der Waals surface area contributed by atoms with Crippen molar-refractivity contribution in [2.24, 2.45) is 0 Å². The van der Waals surface area contributed by atoms with Gasteiger partial charge in [-0.2, -0.15) is 0 Å². The lowest BCUT2D eigenvalue weighted by Crippen LogP contribution is -2.38. The summed E-state index contributed by atoms with van der Waals surface area (Å²) < 4.78 is 7.84. The van der Waals surface area contributed by atoms with Crippen LogP contribution >= 0.6 is 0 Å². The lowest BCUT2D eigenvalue weighted by Gasteiger charge is -2.27. The highest BCUT2D eigenvalue weighted by Crippen LogP contribution is 2.46. The van der Waals surface area contributed by atoms with E-state index in [2.05, 4.69) is 24.3 Å². The molecule has 10 aromatic rings. The van der Waals surface area contributed by atoms with E-state index in [4.69, 9.17) is 17.4 Å². The van der Waals surface area contributed by atoms with E-state index in [1.807, 2.05) is 36.4 Å². The Labute approximate surface area is 324 Å². The molecule has 3 aliphatic rings. The minimum absolute atomic E-state index is 0.299. The smallest absolute Gasteiger partial charge is 0.258 e. The molecule has 0 fully saturated rings. The summed E-state index contributed by atoms with van der Waals surface area (Å²) in [6, 6.07) is 33.8. The van der Waals surface area contributed by atoms with Crippen molar-refractivity contribution in [2.45, 2.75) is 0 Å². The highest BCUT2D eigenvalue weighted by Gasteiger charge is 2.34. The van der Waals surface area contributed by atoms with Crippen LogP contribution in [0.5, 0.6) is 0 Å². The maximum Gasteiger partial charge on any atom is 0.258 e. The van der Waals surface area contributed by atoms with Gasteiger partial charge in [0.1, 0.15) is 0 Å². The zero-order valence-corrected chi connectivity index (χ0v) is 29.3. The lowest BCUT2D eigenvalue weighted by molar-refractivity contribution is 0.0710. The van der Waals surface area contributed by atoms with E-state index in [-0.39, 0.29) is 0 Å². The van der Waals surface area contributed by atoms with Crippen LogP contribution in [0.3, 0.4) is 0 Å². The van der Waals surface area contributed by atoms with Gasteiger partial charge in [-0.15, -0.1) is 0 Å². The average molecular weight is 732 g/mol. The molecule has 0 saturated heterocycles. The molecule has 3 aliphatic heterocycles. The van der Waals surface area contributed by atoms with Gasteiger partial charge in [-0.05, 0) is 106 Å². The lowest BCUT2D eigenvalue weighted by atomic mass is 9.82. The third-order valence-electron chi connectivity index (χ3n) is 12.0. The number of hydrogen-bond acceptors (Lipinski definition) is 6. The molecule has 9 nitrogen and oxygen atoms in total. The van der Waals surface area contributed by atoms with Gasteiger partial charge < -0.3 is 9.62 Å². The summed E-state index contributed by atoms with van der Waals surface area (Å²) in [5.74, 6) is -3.36. The second-order valence-electron chi connectivity index (χ2n) is 14.6. The van der Waals surface area contributed by atoms with Crippen molar-refractivity contribution in [3.63, 3.8) is 0 Å². The van der Waals surface area contributed by atoms with E-state index in [0.717, 1.165) is 59.2 Å². The van der Waals surface area contributed by atoms with Crippen LogP contribution in [0.4, 0.5) is 0 Å². The largest absolute Gasteiger partial charge is 0.332 e. The van der Waals surface area contributed by atoms with E-state index < -0.39 is 35.4 Å². The molecule has 13 rings (SSSR count). The van der Waals surface area contributed by atoms with Crippen LogP contribution in [0.25, 0.3) is 86.2 Å². The molecule has 10 aromatic carbocycles. The van der Waals surface area contributed by atoms with Crippen LogP contribution in [0.1, 0.15) is 62.1 Å². The summed E-state index contributed by atoms with van der Waals surface area (Å²) in [5, 5.41) is 14.6. The summed E-state index contributed by atoms with van der Waals surface area (Å²) in [7, 11) is 11.4. The summed E-state index contributed by atoms with van der Waals surface area (Å²) in [4.78, 5) is 77.1. The van der Waals surface area contributed by atoms with Gasteiger partial charge in [0.15, 0.2) is 1.41 Å². The fraction of sp³-hybridized carbons (Fsp3) is 0. The summed E-state index contributed by atoms with van der Waals surface area (Å²) in [6.45, 7) is 0. The topological polar surface area (TPSA) is 121 Å². The molecule has 0 aliphatic carbocycles. The molecule has 0 aromatic heterocycles. The predicted molar refractivity (Wildman–Crippen MR) is 220 cm³/mol. The quantitative estimate of drug-likeness (QED) is 0.0738. The number of amides is 6. The zero-order valence-electron chi connectivity index (χ0n) is 30.3. The van der Waals surface area contributed by atoms with Gasteiger partial charge in [0.25, 0.3) is 11.8 Å². The predicted octanol–water partition coefficient (Wildman–Crippen LogP) is 7.72. The first kappa shape index (κ1) is 30.7. The number of rotatable bonds is 0. The molecule has 1 N–H and O–H groups in total. The number of benzene rings is 10. The molecule has 57 heavy (non-hydrogen) atoms. The van der Waals surface area contributed by atoms with Crippen molar-refractivity contribution in [1.82, 2.24) is 14.9 Å². The fourth-order valence-corrected chi connectivity index (χ4v) is 9.61. The van der Waals surface area contributed by atoms with Crippen LogP contribution in [-0.2, 0) is 0 Å². The molecule has 3 heterocycles. The van der Waals surface area contributed by atoms with Gasteiger partial charge >= 0.3 is 0 Å². The van der Waals surface area contributed by atoms with Crippen LogP contribution < -0.4 is 5.31 Å². The highest BCUT2D eigenvalue weighted by atomic mass is 16.2. The monoisotopic (exact) mass is 732 g/mol. The molecule has 0 atom stereocenters. The molecule has 0 unspecified atom stereocenters. The Hall–Kier alpha value is -7.65. The Morgan fingerprint density at radius 3 is 0.965 bits per heavy atom. The molecule has 0 spiro atoms. The Morgan fingerprint density at radius 1 is 0.351 bits per heavy atom. The average Bonchev–Trinajstić information content (AvgIpc) is 3.25. The Kier molecular flexibility index (Phi) is 5.67. The van der Waals surface area contributed by atoms with Crippen LogP contribution in [-0.4, -0.2) is 61.0 Å². The molecule has 6 amide bonds. The summed E-state index contributed by atoms with van der Waals surface area (Å²) in [5.41, 5.74) is 2.27. The van der Waals surface area contributed by atoms with Gasteiger partial charge in [-0.1, -0.05) is 72.8 Å². The third-order valence-corrected chi connectivity index (χ3v) is 12.0. The number of fused-ring (bicyclic) bond motifs is 4. The number of nitrogens with zero attached hydrogens (tertiary/aromatic N) is 2. The first-order valence-electron chi connectivity index (χ1n) is 18.5. The maximum atomic E-state index is 12.7. The molecule has 4 radical (unpaired) electrons. The van der Waals surface area contributed by atoms with Crippen molar-refractivity contribution in [1.29, 1.82) is 0 Å². The first-order valence-corrected chi connectivity index (χ1v) is 18.0. The summed E-state index contributed by atoms with van der Waals surface area (Å²) >= 11 is 0. The van der Waals surface area contributed by atoms with E-state index >= 15 is 0 Å². The van der Waals surface area contributed by atoms with Gasteiger partial charge in [-0.3, -0.25) is 34.1 Å². The van der Waals surface area contributed by atoms with Gasteiger partial charge in [-0.25, -0.2) is 0 Å². The zero-order chi connectivity index (χ0) is 39.6. The first-order chi connectivity index (χ1) is 28.1. The highest BCUT2D eigenvalue weighted by molar-refractivity contribution is 6.45. The Balaban J connectivity index is 0.000000129. The van der Waals surface area contributed by atoms with Gasteiger partial charge in [0.05, 0.1) is 0 Å². The fourth-order valence-electron chi connectivity index (χ4n) is 9.61. The standard InChI is InChI=1S/C24H9BN2O4.C22H10BNO2/c25-27-23(30)15-7-3-11-9-1-5-13-19-14(22(29)26-21(13)28)6-2-10(17(9)19)12-4-8-16(24(27)31)20(15)18(11)12;23-24-21(25)16-9-7-14-12-5-1-3-11-4-2-6-13(18(11)12)15-8-10-17(22(24)26)20(16)19(14)15/h1-8H,(H,26,28,29);1-10H/i/hD.